The summed E-state index contributed by atoms with van der Waals surface area (Å²) in [4.78, 5) is 12.4. The normalized spacial score (nSPS) is 19.0. The van der Waals surface area contributed by atoms with Gasteiger partial charge in [0.15, 0.2) is 0 Å². The molecule has 4 nitrogen and oxygen atoms in total. The van der Waals surface area contributed by atoms with E-state index in [0.717, 1.165) is 36.4 Å². The van der Waals surface area contributed by atoms with Gasteiger partial charge in [-0.3, -0.25) is 4.79 Å². The lowest BCUT2D eigenvalue weighted by atomic mass is 10.0. The van der Waals surface area contributed by atoms with E-state index < -0.39 is 0 Å². The molecule has 0 radical (unpaired) electrons. The van der Waals surface area contributed by atoms with Crippen molar-refractivity contribution in [2.24, 2.45) is 0 Å². The number of hydrogen-bond donors (Lipinski definition) is 2. The summed E-state index contributed by atoms with van der Waals surface area (Å²) >= 11 is 0. The summed E-state index contributed by atoms with van der Waals surface area (Å²) in [5.74, 6) is 0.902. The third kappa shape index (κ3) is 2.46. The number of carbonyl (C=O) groups is 1. The first-order valence-electron chi connectivity index (χ1n) is 7.64. The van der Waals surface area contributed by atoms with E-state index in [4.69, 9.17) is 4.74 Å². The van der Waals surface area contributed by atoms with Crippen molar-refractivity contribution >= 4 is 5.91 Å². The lowest BCUT2D eigenvalue weighted by Gasteiger charge is -2.26. The van der Waals surface area contributed by atoms with E-state index in [1.165, 1.54) is 11.1 Å². The fraction of sp³-hybridized carbons (Fsp3) is 0.278. The van der Waals surface area contributed by atoms with Gasteiger partial charge in [-0.15, -0.1) is 0 Å². The monoisotopic (exact) mass is 294 g/mol. The summed E-state index contributed by atoms with van der Waals surface area (Å²) in [5.41, 5.74) is 4.38. The van der Waals surface area contributed by atoms with Gasteiger partial charge >= 0.3 is 0 Å². The largest absolute Gasteiger partial charge is 0.491 e. The van der Waals surface area contributed by atoms with Crippen molar-refractivity contribution in [3.8, 4) is 5.75 Å². The van der Waals surface area contributed by atoms with Crippen LogP contribution in [0.2, 0.25) is 0 Å². The number of hydrogen-bond acceptors (Lipinski definition) is 3. The molecule has 0 aromatic heterocycles. The molecule has 0 bridgehead atoms. The van der Waals surface area contributed by atoms with Crippen LogP contribution in [-0.2, 0) is 19.5 Å². The number of rotatable bonds is 2. The zero-order chi connectivity index (χ0) is 14.9. The maximum atomic E-state index is 12.4. The maximum absolute atomic E-state index is 12.4. The second kappa shape index (κ2) is 5.46. The van der Waals surface area contributed by atoms with Gasteiger partial charge in [0.25, 0.3) is 5.91 Å². The summed E-state index contributed by atoms with van der Waals surface area (Å²) in [6.07, 6.45) is 0.814. The van der Waals surface area contributed by atoms with E-state index in [-0.39, 0.29) is 11.9 Å². The minimum absolute atomic E-state index is 0.0220. The fourth-order valence-corrected chi connectivity index (χ4v) is 3.13. The highest BCUT2D eigenvalue weighted by Crippen LogP contribution is 2.24. The molecule has 1 unspecified atom stereocenters. The molecule has 2 heterocycles. The molecule has 2 aliphatic rings. The van der Waals surface area contributed by atoms with Crippen molar-refractivity contribution in [2.45, 2.75) is 25.6 Å². The second-order valence-corrected chi connectivity index (χ2v) is 5.88. The lowest BCUT2D eigenvalue weighted by molar-refractivity contribution is 0.0915. The number of fused-ring (bicyclic) bond motifs is 2. The molecule has 2 aromatic rings. The van der Waals surface area contributed by atoms with Gasteiger partial charge in [0.2, 0.25) is 0 Å². The highest BCUT2D eigenvalue weighted by atomic mass is 16.5. The van der Waals surface area contributed by atoms with E-state index in [1.54, 1.807) is 0 Å². The summed E-state index contributed by atoms with van der Waals surface area (Å²) in [5, 5.41) is 6.38. The zero-order valence-corrected chi connectivity index (χ0v) is 12.3. The van der Waals surface area contributed by atoms with Crippen molar-refractivity contribution in [1.29, 1.82) is 0 Å². The van der Waals surface area contributed by atoms with Crippen molar-refractivity contribution in [2.75, 3.05) is 6.61 Å². The van der Waals surface area contributed by atoms with E-state index in [0.29, 0.717) is 6.61 Å². The van der Waals surface area contributed by atoms with Crippen LogP contribution in [0, 0.1) is 0 Å². The smallest absolute Gasteiger partial charge is 0.251 e. The van der Waals surface area contributed by atoms with Crippen LogP contribution in [0.1, 0.15) is 27.0 Å². The molecule has 22 heavy (non-hydrogen) atoms. The molecule has 1 atom stereocenters. The molecule has 4 heteroatoms. The van der Waals surface area contributed by atoms with Crippen LogP contribution < -0.4 is 15.4 Å². The maximum Gasteiger partial charge on any atom is 0.251 e. The van der Waals surface area contributed by atoms with Gasteiger partial charge in [0.05, 0.1) is 6.04 Å². The van der Waals surface area contributed by atoms with E-state index in [2.05, 4.69) is 16.7 Å². The van der Waals surface area contributed by atoms with Crippen LogP contribution in [0.25, 0.3) is 0 Å². The molecule has 112 valence electrons. The van der Waals surface area contributed by atoms with Crippen molar-refractivity contribution in [1.82, 2.24) is 10.6 Å². The molecule has 2 aliphatic heterocycles. The molecular weight excluding hydrogens is 276 g/mol. The topological polar surface area (TPSA) is 50.4 Å². The van der Waals surface area contributed by atoms with Gasteiger partial charge in [-0.05, 0) is 41.3 Å². The van der Waals surface area contributed by atoms with Crippen LogP contribution in [0.3, 0.4) is 0 Å². The van der Waals surface area contributed by atoms with Crippen molar-refractivity contribution in [3.05, 3.63) is 64.7 Å². The van der Waals surface area contributed by atoms with E-state index in [9.17, 15) is 4.79 Å². The first kappa shape index (κ1) is 13.3. The Balaban J connectivity index is 1.47. The average molecular weight is 294 g/mol. The van der Waals surface area contributed by atoms with Crippen LogP contribution in [-0.4, -0.2) is 18.6 Å². The summed E-state index contributed by atoms with van der Waals surface area (Å²) in [6, 6.07) is 13.9. The zero-order valence-electron chi connectivity index (χ0n) is 12.3. The standard InChI is InChI=1S/C18H18N2O2/c21-18(13-5-6-14-9-19-10-15(14)7-13)20-16-8-12-3-1-2-4-17(12)22-11-16/h1-7,16,19H,8-11H2,(H,20,21). The molecule has 0 spiro atoms. The predicted molar refractivity (Wildman–Crippen MR) is 83.9 cm³/mol. The van der Waals surface area contributed by atoms with E-state index in [1.807, 2.05) is 36.4 Å². The lowest BCUT2D eigenvalue weighted by Crippen LogP contribution is -2.42. The number of benzene rings is 2. The Labute approximate surface area is 129 Å². The fourth-order valence-electron chi connectivity index (χ4n) is 3.13. The Kier molecular flexibility index (Phi) is 3.31. The van der Waals surface area contributed by atoms with Crippen LogP contribution >= 0.6 is 0 Å². The Bertz CT molecular complexity index is 727. The van der Waals surface area contributed by atoms with E-state index >= 15 is 0 Å². The molecule has 0 aliphatic carbocycles. The summed E-state index contributed by atoms with van der Waals surface area (Å²) in [7, 11) is 0. The molecule has 0 saturated heterocycles. The quantitative estimate of drug-likeness (QED) is 0.891. The molecule has 4 rings (SSSR count). The van der Waals surface area contributed by atoms with Gasteiger partial charge in [-0.1, -0.05) is 24.3 Å². The molecule has 2 aromatic carbocycles. The third-order valence-electron chi connectivity index (χ3n) is 4.31. The molecule has 2 N–H and O–H groups in total. The molecule has 0 fully saturated rings. The van der Waals surface area contributed by atoms with Gasteiger partial charge in [-0.25, -0.2) is 0 Å². The van der Waals surface area contributed by atoms with Gasteiger partial charge < -0.3 is 15.4 Å². The Morgan fingerprint density at radius 2 is 1.95 bits per heavy atom. The minimum atomic E-state index is -0.0253. The van der Waals surface area contributed by atoms with Gasteiger partial charge in [-0.2, -0.15) is 0 Å². The highest BCUT2D eigenvalue weighted by molar-refractivity contribution is 5.94. The molecule has 0 saturated carbocycles. The number of carbonyl (C=O) groups excluding carboxylic acids is 1. The summed E-state index contributed by atoms with van der Waals surface area (Å²) < 4.78 is 5.72. The van der Waals surface area contributed by atoms with Crippen molar-refractivity contribution < 1.29 is 9.53 Å². The number of nitrogens with one attached hydrogen (secondary N) is 2. The minimum Gasteiger partial charge on any atom is -0.491 e. The molecular formula is C18H18N2O2. The van der Waals surface area contributed by atoms with Crippen LogP contribution in [0.4, 0.5) is 0 Å². The highest BCUT2D eigenvalue weighted by Gasteiger charge is 2.22. The third-order valence-corrected chi connectivity index (χ3v) is 4.31. The predicted octanol–water partition coefficient (Wildman–Crippen LogP) is 2.02. The Hall–Kier alpha value is -2.33. The second-order valence-electron chi connectivity index (χ2n) is 5.88. The number of ether oxygens (including phenoxy) is 1. The van der Waals surface area contributed by atoms with Crippen LogP contribution in [0.5, 0.6) is 5.75 Å². The van der Waals surface area contributed by atoms with Gasteiger partial charge in [0, 0.05) is 18.7 Å². The number of amides is 1. The average Bonchev–Trinajstić information content (AvgIpc) is 3.02. The summed E-state index contributed by atoms with van der Waals surface area (Å²) in [6.45, 7) is 2.26. The first-order chi connectivity index (χ1) is 10.8. The van der Waals surface area contributed by atoms with Crippen molar-refractivity contribution in [3.63, 3.8) is 0 Å². The first-order valence-corrected chi connectivity index (χ1v) is 7.64. The van der Waals surface area contributed by atoms with Crippen LogP contribution in [0.15, 0.2) is 42.5 Å². The number of para-hydroxylation sites is 1. The SMILES string of the molecule is O=C(NC1COc2ccccc2C1)c1ccc2c(c1)CNC2. The Morgan fingerprint density at radius 3 is 2.91 bits per heavy atom. The molecule has 1 amide bonds. The Morgan fingerprint density at radius 1 is 1.09 bits per heavy atom. The van der Waals surface area contributed by atoms with Gasteiger partial charge in [0.1, 0.15) is 12.4 Å².